The van der Waals surface area contributed by atoms with E-state index < -0.39 is 0 Å². The highest BCUT2D eigenvalue weighted by Crippen LogP contribution is 2.44. The maximum Gasteiger partial charge on any atom is 0.234 e. The minimum absolute atomic E-state index is 0.177. The van der Waals surface area contributed by atoms with Crippen molar-refractivity contribution in [2.45, 2.75) is 31.7 Å². The van der Waals surface area contributed by atoms with E-state index in [-0.39, 0.29) is 11.8 Å². The molecule has 2 aromatic carbocycles. The molecule has 0 N–H and O–H groups in total. The van der Waals surface area contributed by atoms with E-state index in [1.54, 1.807) is 0 Å². The van der Waals surface area contributed by atoms with E-state index in [0.29, 0.717) is 0 Å². The van der Waals surface area contributed by atoms with Gasteiger partial charge in [-0.15, -0.1) is 11.3 Å². The molecule has 3 heterocycles. The molecule has 3 aliphatic rings. The maximum atomic E-state index is 13.7. The number of hydrogen-bond acceptors (Lipinski definition) is 5. The molecule has 0 spiro atoms. The largest absolute Gasteiger partial charge is 0.457 e. The van der Waals surface area contributed by atoms with E-state index in [9.17, 15) is 4.79 Å². The molecule has 6 heteroatoms. The first kappa shape index (κ1) is 19.0. The maximum absolute atomic E-state index is 13.7. The van der Waals surface area contributed by atoms with Gasteiger partial charge in [-0.3, -0.25) is 9.69 Å². The highest BCUT2D eigenvalue weighted by molar-refractivity contribution is 7.11. The van der Waals surface area contributed by atoms with Crippen LogP contribution in [0.15, 0.2) is 48.5 Å². The predicted octanol–water partition coefficient (Wildman–Crippen LogP) is 4.21. The van der Waals surface area contributed by atoms with Crippen molar-refractivity contribution in [3.8, 4) is 11.5 Å². The van der Waals surface area contributed by atoms with Gasteiger partial charge in [0.15, 0.2) is 0 Å². The summed E-state index contributed by atoms with van der Waals surface area (Å²) in [4.78, 5) is 24.5. The number of ether oxygens (including phenoxy) is 1. The average Bonchev–Trinajstić information content (AvgIpc) is 3.39. The van der Waals surface area contributed by atoms with Gasteiger partial charge in [-0.2, -0.15) is 0 Å². The van der Waals surface area contributed by atoms with E-state index in [1.807, 2.05) is 64.8 Å². The van der Waals surface area contributed by atoms with Crippen LogP contribution in [0.1, 0.15) is 39.0 Å². The summed E-state index contributed by atoms with van der Waals surface area (Å²) in [6.45, 7) is 4.20. The molecule has 5 nitrogen and oxygen atoms in total. The lowest BCUT2D eigenvalue weighted by molar-refractivity contribution is -0.133. The third kappa shape index (κ3) is 3.44. The Morgan fingerprint density at radius 1 is 0.968 bits per heavy atom. The number of nitrogens with zero attached hydrogens (tertiary/aromatic N) is 3. The van der Waals surface area contributed by atoms with Gasteiger partial charge in [0.05, 0.1) is 18.2 Å². The van der Waals surface area contributed by atoms with E-state index in [4.69, 9.17) is 9.72 Å². The molecule has 158 valence electrons. The van der Waals surface area contributed by atoms with Crippen molar-refractivity contribution in [2.24, 2.45) is 0 Å². The van der Waals surface area contributed by atoms with Gasteiger partial charge < -0.3 is 9.64 Å². The van der Waals surface area contributed by atoms with Crippen molar-refractivity contribution < 1.29 is 9.53 Å². The summed E-state index contributed by atoms with van der Waals surface area (Å²) in [6.07, 6.45) is 3.60. The molecular formula is C25H25N3O2S. The summed E-state index contributed by atoms with van der Waals surface area (Å²) >= 11 is 1.88. The van der Waals surface area contributed by atoms with Crippen molar-refractivity contribution in [3.05, 3.63) is 75.2 Å². The van der Waals surface area contributed by atoms with E-state index in [0.717, 1.165) is 61.8 Å². The summed E-state index contributed by atoms with van der Waals surface area (Å²) in [5, 5.41) is 1.23. The summed E-state index contributed by atoms with van der Waals surface area (Å²) < 4.78 is 6.07. The Bertz CT molecular complexity index is 1070. The van der Waals surface area contributed by atoms with E-state index in [2.05, 4.69) is 4.90 Å². The molecule has 1 amide bonds. The molecule has 0 unspecified atom stereocenters. The number of hydrogen-bond donors (Lipinski definition) is 0. The Hall–Kier alpha value is -2.70. The molecule has 1 saturated heterocycles. The normalized spacial score (nSPS) is 18.3. The van der Waals surface area contributed by atoms with Crippen LogP contribution in [-0.2, 0) is 24.2 Å². The minimum Gasteiger partial charge on any atom is -0.457 e. The van der Waals surface area contributed by atoms with Crippen LogP contribution >= 0.6 is 11.3 Å². The molecule has 31 heavy (non-hydrogen) atoms. The lowest BCUT2D eigenvalue weighted by atomic mass is 9.86. The highest BCUT2D eigenvalue weighted by atomic mass is 32.1. The lowest BCUT2D eigenvalue weighted by Gasteiger charge is -2.37. The zero-order valence-corrected chi connectivity index (χ0v) is 18.2. The molecule has 1 aromatic heterocycles. The average molecular weight is 432 g/mol. The number of fused-ring (bicyclic) bond motifs is 3. The molecule has 6 rings (SSSR count). The Balaban J connectivity index is 1.17. The fraction of sp³-hybridized carbons (Fsp3) is 0.360. The Morgan fingerprint density at radius 2 is 1.65 bits per heavy atom. The number of benzene rings is 2. The highest BCUT2D eigenvalue weighted by Gasteiger charge is 2.36. The summed E-state index contributed by atoms with van der Waals surface area (Å²) in [6, 6.07) is 15.8. The number of aryl methyl sites for hydroxylation is 2. The first-order valence-electron chi connectivity index (χ1n) is 11.1. The Labute approximate surface area is 186 Å². The van der Waals surface area contributed by atoms with Crippen LogP contribution < -0.4 is 4.74 Å². The zero-order valence-electron chi connectivity index (χ0n) is 17.4. The van der Waals surface area contributed by atoms with Gasteiger partial charge in [0.2, 0.25) is 5.91 Å². The van der Waals surface area contributed by atoms with E-state index >= 15 is 0 Å². The lowest BCUT2D eigenvalue weighted by Crippen LogP contribution is -2.49. The first-order valence-corrected chi connectivity index (χ1v) is 11.9. The van der Waals surface area contributed by atoms with Crippen LogP contribution in [0, 0.1) is 0 Å². The van der Waals surface area contributed by atoms with Gasteiger partial charge >= 0.3 is 0 Å². The number of amides is 1. The number of carbonyl (C=O) groups is 1. The molecule has 0 radical (unpaired) electrons. The number of rotatable bonds is 3. The third-order valence-corrected chi connectivity index (χ3v) is 7.75. The van der Waals surface area contributed by atoms with Crippen LogP contribution in [0.5, 0.6) is 11.5 Å². The third-order valence-electron chi connectivity index (χ3n) is 6.61. The quantitative estimate of drug-likeness (QED) is 0.623. The van der Waals surface area contributed by atoms with Crippen molar-refractivity contribution in [1.29, 1.82) is 0 Å². The summed E-state index contributed by atoms with van der Waals surface area (Å²) in [5.74, 6) is 1.45. The number of piperazine rings is 1. The summed E-state index contributed by atoms with van der Waals surface area (Å²) in [7, 11) is 0. The molecule has 3 aromatic rings. The van der Waals surface area contributed by atoms with Crippen molar-refractivity contribution in [3.63, 3.8) is 0 Å². The molecule has 0 saturated carbocycles. The first-order chi connectivity index (χ1) is 15.3. The number of aromatic nitrogens is 1. The fourth-order valence-corrected chi connectivity index (χ4v) is 6.19. The van der Waals surface area contributed by atoms with Gasteiger partial charge in [-0.1, -0.05) is 36.4 Å². The van der Waals surface area contributed by atoms with Crippen molar-refractivity contribution in [2.75, 3.05) is 26.2 Å². The second-order valence-corrected chi connectivity index (χ2v) is 9.71. The molecule has 1 fully saturated rings. The summed E-state index contributed by atoms with van der Waals surface area (Å²) in [5.41, 5.74) is 3.25. The second kappa shape index (κ2) is 7.77. The van der Waals surface area contributed by atoms with Gasteiger partial charge in [0, 0.05) is 42.2 Å². The van der Waals surface area contributed by atoms with Gasteiger partial charge in [0.1, 0.15) is 16.5 Å². The van der Waals surface area contributed by atoms with E-state index in [1.165, 1.54) is 28.4 Å². The number of para-hydroxylation sites is 2. The molecule has 0 atom stereocenters. The van der Waals surface area contributed by atoms with Gasteiger partial charge in [-0.25, -0.2) is 4.98 Å². The van der Waals surface area contributed by atoms with Crippen LogP contribution in [-0.4, -0.2) is 46.9 Å². The van der Waals surface area contributed by atoms with Crippen LogP contribution in [0.3, 0.4) is 0 Å². The Morgan fingerprint density at radius 3 is 2.32 bits per heavy atom. The monoisotopic (exact) mass is 431 g/mol. The molecule has 2 aliphatic heterocycles. The SMILES string of the molecule is O=C(C1c2ccccc2Oc2ccccc21)N1CCN(Cc2nc3c(s2)CCC3)CC1. The zero-order chi connectivity index (χ0) is 20.8. The van der Waals surface area contributed by atoms with Crippen molar-refractivity contribution in [1.82, 2.24) is 14.8 Å². The van der Waals surface area contributed by atoms with Crippen LogP contribution in [0.25, 0.3) is 0 Å². The van der Waals surface area contributed by atoms with Gasteiger partial charge in [0.25, 0.3) is 0 Å². The van der Waals surface area contributed by atoms with Crippen LogP contribution in [0.2, 0.25) is 0 Å². The van der Waals surface area contributed by atoms with Crippen molar-refractivity contribution >= 4 is 17.2 Å². The predicted molar refractivity (Wildman–Crippen MR) is 121 cm³/mol. The number of carbonyl (C=O) groups excluding carboxylic acids is 1. The Kier molecular flexibility index (Phi) is 4.77. The topological polar surface area (TPSA) is 45.7 Å². The second-order valence-electron chi connectivity index (χ2n) is 8.54. The molecule has 0 bridgehead atoms. The van der Waals surface area contributed by atoms with Gasteiger partial charge in [-0.05, 0) is 31.4 Å². The minimum atomic E-state index is -0.297. The standard InChI is InChI=1S/C25H25N3O2S/c29-25(24-17-6-1-3-9-20(17)30-21-10-4-2-7-18(21)24)28-14-12-27(13-15-28)16-23-26-19-8-5-11-22(19)31-23/h1-4,6-7,9-10,24H,5,8,11-16H2. The van der Waals surface area contributed by atoms with Crippen LogP contribution in [0.4, 0.5) is 0 Å². The number of thiazole rings is 1. The smallest absolute Gasteiger partial charge is 0.234 e. The fourth-order valence-electron chi connectivity index (χ4n) is 4.99. The molecular weight excluding hydrogens is 406 g/mol. The molecule has 1 aliphatic carbocycles.